The summed E-state index contributed by atoms with van der Waals surface area (Å²) >= 11 is 0. The van der Waals surface area contributed by atoms with Crippen LogP contribution < -0.4 is 14.4 Å². The van der Waals surface area contributed by atoms with E-state index >= 15 is 0 Å². The van der Waals surface area contributed by atoms with E-state index in [1.54, 1.807) is 14.2 Å². The molecule has 18 heavy (non-hydrogen) atoms. The molecular formula is C14H21NO3. The van der Waals surface area contributed by atoms with Crippen molar-refractivity contribution in [1.82, 2.24) is 0 Å². The van der Waals surface area contributed by atoms with Crippen LogP contribution >= 0.6 is 0 Å². The van der Waals surface area contributed by atoms with Gasteiger partial charge in [0, 0.05) is 36.9 Å². The Labute approximate surface area is 108 Å². The molecule has 0 saturated carbocycles. The van der Waals surface area contributed by atoms with Gasteiger partial charge in [-0.15, -0.1) is 0 Å². The molecule has 1 aliphatic heterocycles. The van der Waals surface area contributed by atoms with Crippen molar-refractivity contribution in [3.63, 3.8) is 0 Å². The minimum absolute atomic E-state index is 0.255. The lowest BCUT2D eigenvalue weighted by Gasteiger charge is -2.26. The van der Waals surface area contributed by atoms with E-state index in [1.807, 2.05) is 18.2 Å². The summed E-state index contributed by atoms with van der Waals surface area (Å²) in [6.45, 7) is 3.39. The maximum Gasteiger partial charge on any atom is 0.162 e. The summed E-state index contributed by atoms with van der Waals surface area (Å²) in [5.41, 5.74) is 1.12. The van der Waals surface area contributed by atoms with Crippen molar-refractivity contribution in [3.05, 3.63) is 18.2 Å². The number of methoxy groups -OCH3 is 2. The minimum atomic E-state index is 0.255. The Bertz CT molecular complexity index is 408. The van der Waals surface area contributed by atoms with Crippen molar-refractivity contribution >= 4 is 5.69 Å². The van der Waals surface area contributed by atoms with E-state index in [0.29, 0.717) is 12.0 Å². The van der Waals surface area contributed by atoms with Crippen molar-refractivity contribution in [2.45, 2.75) is 19.4 Å². The lowest BCUT2D eigenvalue weighted by atomic mass is 10.0. The Balaban J connectivity index is 2.24. The molecule has 0 aromatic heterocycles. The number of hydrogen-bond acceptors (Lipinski definition) is 4. The highest BCUT2D eigenvalue weighted by Gasteiger charge is 2.30. The third kappa shape index (κ3) is 2.25. The van der Waals surface area contributed by atoms with Crippen LogP contribution in [0.3, 0.4) is 0 Å². The van der Waals surface area contributed by atoms with Gasteiger partial charge in [-0.2, -0.15) is 0 Å². The van der Waals surface area contributed by atoms with Crippen LogP contribution in [0.25, 0.3) is 0 Å². The Hall–Kier alpha value is -1.42. The fourth-order valence-corrected chi connectivity index (χ4v) is 2.62. The van der Waals surface area contributed by atoms with E-state index < -0.39 is 0 Å². The average Bonchev–Trinajstić information content (AvgIpc) is 2.79. The van der Waals surface area contributed by atoms with E-state index in [0.717, 1.165) is 30.2 Å². The molecule has 1 aromatic carbocycles. The lowest BCUT2D eigenvalue weighted by Crippen LogP contribution is -2.31. The molecule has 1 heterocycles. The molecule has 1 aliphatic rings. The van der Waals surface area contributed by atoms with E-state index in [-0.39, 0.29) is 6.61 Å². The number of aliphatic hydroxyl groups excluding tert-OH is 1. The highest BCUT2D eigenvalue weighted by Crippen LogP contribution is 2.35. The van der Waals surface area contributed by atoms with E-state index in [4.69, 9.17) is 9.47 Å². The maximum atomic E-state index is 9.31. The third-order valence-electron chi connectivity index (χ3n) is 3.85. The summed E-state index contributed by atoms with van der Waals surface area (Å²) in [7, 11) is 3.28. The molecule has 100 valence electrons. The molecule has 2 rings (SSSR count). The van der Waals surface area contributed by atoms with Crippen LogP contribution in [-0.4, -0.2) is 38.5 Å². The van der Waals surface area contributed by atoms with E-state index in [9.17, 15) is 5.11 Å². The normalized spacial score (nSPS) is 23.2. The van der Waals surface area contributed by atoms with E-state index in [2.05, 4.69) is 11.8 Å². The van der Waals surface area contributed by atoms with Crippen LogP contribution in [0, 0.1) is 5.92 Å². The Kier molecular flexibility index (Phi) is 3.97. The van der Waals surface area contributed by atoms with Crippen molar-refractivity contribution in [2.24, 2.45) is 5.92 Å². The zero-order valence-corrected chi connectivity index (χ0v) is 11.2. The van der Waals surface area contributed by atoms with Gasteiger partial charge >= 0.3 is 0 Å². The second kappa shape index (κ2) is 5.48. The van der Waals surface area contributed by atoms with Crippen LogP contribution in [0.4, 0.5) is 5.69 Å². The molecule has 1 N–H and O–H groups in total. The van der Waals surface area contributed by atoms with Crippen LogP contribution in [0.1, 0.15) is 13.3 Å². The van der Waals surface area contributed by atoms with Gasteiger partial charge in [0.05, 0.1) is 14.2 Å². The maximum absolute atomic E-state index is 9.31. The van der Waals surface area contributed by atoms with Crippen LogP contribution in [-0.2, 0) is 0 Å². The summed E-state index contributed by atoms with van der Waals surface area (Å²) < 4.78 is 10.6. The zero-order valence-electron chi connectivity index (χ0n) is 11.2. The molecule has 4 heteroatoms. The average molecular weight is 251 g/mol. The second-order valence-electron chi connectivity index (χ2n) is 4.70. The topological polar surface area (TPSA) is 41.9 Å². The Morgan fingerprint density at radius 1 is 1.28 bits per heavy atom. The number of anilines is 1. The fourth-order valence-electron chi connectivity index (χ4n) is 2.62. The summed E-state index contributed by atoms with van der Waals surface area (Å²) in [5, 5.41) is 9.31. The molecular weight excluding hydrogens is 230 g/mol. The standard InChI is InChI=1S/C14H21NO3/c1-10-11(9-16)6-7-15(10)12-4-5-13(17-2)14(8-12)18-3/h4-5,8,10-11,16H,6-7,9H2,1-3H3. The molecule has 1 saturated heterocycles. The molecule has 2 atom stereocenters. The SMILES string of the molecule is COc1ccc(N2CCC(CO)C2C)cc1OC. The van der Waals surface area contributed by atoms with Gasteiger partial charge in [-0.25, -0.2) is 0 Å². The second-order valence-corrected chi connectivity index (χ2v) is 4.70. The van der Waals surface area contributed by atoms with Crippen LogP contribution in [0.2, 0.25) is 0 Å². The quantitative estimate of drug-likeness (QED) is 0.887. The number of ether oxygens (including phenoxy) is 2. The van der Waals surface area contributed by atoms with Crippen molar-refractivity contribution in [2.75, 3.05) is 32.3 Å². The molecule has 0 aliphatic carbocycles. The van der Waals surface area contributed by atoms with Gasteiger partial charge in [-0.05, 0) is 25.5 Å². The monoisotopic (exact) mass is 251 g/mol. The molecule has 0 radical (unpaired) electrons. The predicted molar refractivity (Wildman–Crippen MR) is 71.5 cm³/mol. The van der Waals surface area contributed by atoms with Crippen molar-refractivity contribution in [1.29, 1.82) is 0 Å². The van der Waals surface area contributed by atoms with E-state index in [1.165, 1.54) is 0 Å². The van der Waals surface area contributed by atoms with Gasteiger partial charge in [-0.3, -0.25) is 0 Å². The number of nitrogens with zero attached hydrogens (tertiary/aromatic N) is 1. The van der Waals surface area contributed by atoms with Gasteiger partial charge in [-0.1, -0.05) is 0 Å². The number of hydrogen-bond donors (Lipinski definition) is 1. The Morgan fingerprint density at radius 2 is 2.00 bits per heavy atom. The fraction of sp³-hybridized carbons (Fsp3) is 0.571. The molecule has 2 unspecified atom stereocenters. The minimum Gasteiger partial charge on any atom is -0.493 e. The van der Waals surface area contributed by atoms with Crippen LogP contribution in [0.5, 0.6) is 11.5 Å². The first-order valence-electron chi connectivity index (χ1n) is 6.30. The summed E-state index contributed by atoms with van der Waals surface area (Å²) in [6.07, 6.45) is 1.03. The van der Waals surface area contributed by atoms with Gasteiger partial charge in [0.25, 0.3) is 0 Å². The lowest BCUT2D eigenvalue weighted by molar-refractivity contribution is 0.221. The number of benzene rings is 1. The zero-order chi connectivity index (χ0) is 13.1. The highest BCUT2D eigenvalue weighted by molar-refractivity contribution is 5.57. The van der Waals surface area contributed by atoms with Gasteiger partial charge in [0.1, 0.15) is 0 Å². The van der Waals surface area contributed by atoms with Gasteiger partial charge in [0.2, 0.25) is 0 Å². The van der Waals surface area contributed by atoms with Gasteiger partial charge < -0.3 is 19.5 Å². The summed E-state index contributed by atoms with van der Waals surface area (Å²) in [5.74, 6) is 1.85. The number of aliphatic hydroxyl groups is 1. The summed E-state index contributed by atoms with van der Waals surface area (Å²) in [4.78, 5) is 2.31. The highest BCUT2D eigenvalue weighted by atomic mass is 16.5. The number of rotatable bonds is 4. The van der Waals surface area contributed by atoms with Crippen molar-refractivity contribution < 1.29 is 14.6 Å². The molecule has 0 spiro atoms. The first kappa shape index (κ1) is 13.0. The van der Waals surface area contributed by atoms with Crippen LogP contribution in [0.15, 0.2) is 18.2 Å². The smallest absolute Gasteiger partial charge is 0.162 e. The molecule has 1 aromatic rings. The molecule has 0 bridgehead atoms. The molecule has 1 fully saturated rings. The Morgan fingerprint density at radius 3 is 2.56 bits per heavy atom. The largest absolute Gasteiger partial charge is 0.493 e. The predicted octanol–water partition coefficient (Wildman–Crippen LogP) is 1.91. The first-order chi connectivity index (χ1) is 8.71. The first-order valence-corrected chi connectivity index (χ1v) is 6.30. The third-order valence-corrected chi connectivity index (χ3v) is 3.85. The summed E-state index contributed by atoms with van der Waals surface area (Å²) in [6, 6.07) is 6.31. The molecule has 4 nitrogen and oxygen atoms in total. The van der Waals surface area contributed by atoms with Gasteiger partial charge in [0.15, 0.2) is 11.5 Å². The van der Waals surface area contributed by atoms with Crippen molar-refractivity contribution in [3.8, 4) is 11.5 Å². The molecule has 0 amide bonds.